The first kappa shape index (κ1) is 28.6. The zero-order chi connectivity index (χ0) is 31.7. The molecular formula is C38H31NO6. The van der Waals surface area contributed by atoms with Gasteiger partial charge in [0.2, 0.25) is 11.8 Å². The van der Waals surface area contributed by atoms with Crippen LogP contribution in [-0.2, 0) is 19.2 Å². The maximum atomic E-state index is 14.2. The van der Waals surface area contributed by atoms with Gasteiger partial charge in [0, 0.05) is 33.8 Å². The van der Waals surface area contributed by atoms with Gasteiger partial charge in [0.05, 0.1) is 17.5 Å². The number of fused-ring (bicyclic) bond motifs is 3. The van der Waals surface area contributed by atoms with Gasteiger partial charge in [-0.15, -0.1) is 0 Å². The van der Waals surface area contributed by atoms with Crippen LogP contribution in [0.1, 0.15) is 58.3 Å². The maximum absolute atomic E-state index is 14.2. The maximum Gasteiger partial charge on any atom is 0.238 e. The quantitative estimate of drug-likeness (QED) is 0.174. The molecule has 0 saturated carbocycles. The van der Waals surface area contributed by atoms with Gasteiger partial charge in [-0.2, -0.15) is 0 Å². The zero-order valence-corrected chi connectivity index (χ0v) is 25.2. The number of nitrogens with zero attached hydrogens (tertiary/aromatic N) is 1. The largest absolute Gasteiger partial charge is 0.507 e. The number of phenolic OH excluding ortho intramolecular Hbond substituents is 1. The van der Waals surface area contributed by atoms with Gasteiger partial charge in [0.25, 0.3) is 0 Å². The minimum absolute atomic E-state index is 0.156. The summed E-state index contributed by atoms with van der Waals surface area (Å²) in [4.78, 5) is 69.2. The fourth-order valence-electron chi connectivity index (χ4n) is 7.69. The molecule has 0 spiro atoms. The molecule has 1 fully saturated rings. The van der Waals surface area contributed by atoms with E-state index in [0.717, 1.165) is 11.1 Å². The highest BCUT2D eigenvalue weighted by atomic mass is 16.3. The molecule has 45 heavy (non-hydrogen) atoms. The molecule has 0 radical (unpaired) electrons. The van der Waals surface area contributed by atoms with Crippen molar-refractivity contribution in [2.45, 2.75) is 39.5 Å². The molecule has 4 atom stereocenters. The zero-order valence-electron chi connectivity index (χ0n) is 25.2. The Morgan fingerprint density at radius 1 is 0.822 bits per heavy atom. The van der Waals surface area contributed by atoms with E-state index in [-0.39, 0.29) is 41.3 Å². The topological polar surface area (TPSA) is 109 Å². The van der Waals surface area contributed by atoms with E-state index < -0.39 is 23.7 Å². The van der Waals surface area contributed by atoms with Gasteiger partial charge in [0.15, 0.2) is 17.3 Å². The Morgan fingerprint density at radius 2 is 1.47 bits per heavy atom. The smallest absolute Gasteiger partial charge is 0.238 e. The third-order valence-electron chi connectivity index (χ3n) is 9.83. The predicted octanol–water partition coefficient (Wildman–Crippen LogP) is 5.87. The normalized spacial score (nSPS) is 24.2. The number of allylic oxidation sites excluding steroid dienone is 6. The fraction of sp³-hybridized carbons (Fsp3) is 0.237. The lowest BCUT2D eigenvalue weighted by Gasteiger charge is -2.42. The number of carbonyl (C=O) groups is 5. The number of phenols is 1. The minimum Gasteiger partial charge on any atom is -0.507 e. The van der Waals surface area contributed by atoms with E-state index in [9.17, 15) is 29.1 Å². The van der Waals surface area contributed by atoms with Crippen LogP contribution in [0.5, 0.6) is 5.75 Å². The molecule has 0 bridgehead atoms. The molecule has 4 aliphatic rings. The van der Waals surface area contributed by atoms with Crippen molar-refractivity contribution in [3.63, 3.8) is 0 Å². The Labute approximate surface area is 260 Å². The number of aryl methyl sites for hydroxylation is 2. The summed E-state index contributed by atoms with van der Waals surface area (Å²) in [7, 11) is 0. The summed E-state index contributed by atoms with van der Waals surface area (Å²) in [6.07, 6.45) is 3.90. The van der Waals surface area contributed by atoms with E-state index in [1.807, 2.05) is 24.3 Å². The second-order valence-corrected chi connectivity index (χ2v) is 12.5. The molecule has 0 aromatic heterocycles. The van der Waals surface area contributed by atoms with Crippen molar-refractivity contribution in [1.82, 2.24) is 0 Å². The van der Waals surface area contributed by atoms with Crippen LogP contribution in [0.4, 0.5) is 5.69 Å². The second-order valence-electron chi connectivity index (χ2n) is 12.5. The van der Waals surface area contributed by atoms with Gasteiger partial charge in [-0.3, -0.25) is 28.9 Å². The summed E-state index contributed by atoms with van der Waals surface area (Å²) in [6.45, 7) is 5.21. The van der Waals surface area contributed by atoms with Gasteiger partial charge in [-0.05, 0) is 86.6 Å². The third kappa shape index (κ3) is 4.37. The molecular weight excluding hydrogens is 566 g/mol. The summed E-state index contributed by atoms with van der Waals surface area (Å²) >= 11 is 0. The molecule has 2 amide bonds. The molecule has 1 saturated heterocycles. The SMILES string of the molecule is CC1=CC(=O)C2=C(C[C@@H]3C(=CC[C@@H]4C(=O)N(c5ccc(C(=O)c6ccccc6)cc5)C(=O)[C@@H]43)[C@@H]2c2cc(C)c(O)c(C)c2)C1=O. The van der Waals surface area contributed by atoms with Crippen molar-refractivity contribution >= 4 is 34.9 Å². The van der Waals surface area contributed by atoms with Crippen LogP contribution in [-0.4, -0.2) is 34.3 Å². The van der Waals surface area contributed by atoms with Crippen molar-refractivity contribution in [1.29, 1.82) is 0 Å². The van der Waals surface area contributed by atoms with E-state index >= 15 is 0 Å². The summed E-state index contributed by atoms with van der Waals surface area (Å²) in [5.41, 5.74) is 5.50. The highest BCUT2D eigenvalue weighted by molar-refractivity contribution is 6.25. The number of ketones is 3. The Hall–Kier alpha value is -5.17. The molecule has 7 heteroatoms. The van der Waals surface area contributed by atoms with Gasteiger partial charge in [-0.25, -0.2) is 0 Å². The molecule has 224 valence electrons. The van der Waals surface area contributed by atoms with Crippen LogP contribution in [0.15, 0.2) is 101 Å². The number of Topliss-reactive ketones (excluding diaryl/α,β-unsaturated/α-hetero) is 1. The number of aromatic hydroxyl groups is 1. The monoisotopic (exact) mass is 597 g/mol. The lowest BCUT2D eigenvalue weighted by atomic mass is 9.59. The number of hydrogen-bond donors (Lipinski definition) is 1. The summed E-state index contributed by atoms with van der Waals surface area (Å²) < 4.78 is 0. The summed E-state index contributed by atoms with van der Waals surface area (Å²) in [5, 5.41) is 10.5. The van der Waals surface area contributed by atoms with Crippen LogP contribution in [0.2, 0.25) is 0 Å². The van der Waals surface area contributed by atoms with Crippen molar-refractivity contribution in [3.05, 3.63) is 129 Å². The van der Waals surface area contributed by atoms with Gasteiger partial charge >= 0.3 is 0 Å². The standard InChI is InChI=1S/C38H31NO6/c1-19-15-24(16-20(2)34(19)41)31-26-13-14-27-32(28(26)18-29-33(31)30(40)17-21(3)35(29)42)38(45)39(37(27)44)25-11-9-23(10-12-25)36(43)22-7-5-4-6-8-22/h4-13,15-17,27-28,31-32,41H,14,18H2,1-3H3/t27-,28+,31-,32-/m0/s1. The number of benzene rings is 3. The van der Waals surface area contributed by atoms with E-state index in [0.29, 0.717) is 51.1 Å². The van der Waals surface area contributed by atoms with Crippen LogP contribution in [0.3, 0.4) is 0 Å². The van der Waals surface area contributed by atoms with Gasteiger partial charge in [0.1, 0.15) is 5.75 Å². The second kappa shape index (κ2) is 10.5. The summed E-state index contributed by atoms with van der Waals surface area (Å²) in [5.74, 6) is -3.40. The van der Waals surface area contributed by atoms with Crippen LogP contribution in [0.25, 0.3) is 0 Å². The van der Waals surface area contributed by atoms with E-state index in [1.165, 1.54) is 11.0 Å². The van der Waals surface area contributed by atoms with Crippen LogP contribution in [0, 0.1) is 31.6 Å². The molecule has 0 unspecified atom stereocenters. The molecule has 3 aromatic carbocycles. The van der Waals surface area contributed by atoms with Crippen molar-refractivity contribution < 1.29 is 29.1 Å². The van der Waals surface area contributed by atoms with Gasteiger partial charge < -0.3 is 5.11 Å². The average Bonchev–Trinajstić information content (AvgIpc) is 3.30. The first-order valence-corrected chi connectivity index (χ1v) is 15.1. The van der Waals surface area contributed by atoms with Crippen molar-refractivity contribution in [2.24, 2.45) is 17.8 Å². The average molecular weight is 598 g/mol. The predicted molar refractivity (Wildman–Crippen MR) is 168 cm³/mol. The number of rotatable bonds is 4. The Balaban J connectivity index is 1.27. The van der Waals surface area contributed by atoms with E-state index in [4.69, 9.17) is 0 Å². The Morgan fingerprint density at radius 3 is 2.13 bits per heavy atom. The number of hydrogen-bond acceptors (Lipinski definition) is 6. The Kier molecular flexibility index (Phi) is 6.66. The lowest BCUT2D eigenvalue weighted by molar-refractivity contribution is -0.123. The van der Waals surface area contributed by atoms with E-state index in [2.05, 4.69) is 0 Å². The molecule has 3 aromatic rings. The molecule has 7 nitrogen and oxygen atoms in total. The van der Waals surface area contributed by atoms with Crippen LogP contribution >= 0.6 is 0 Å². The Bertz CT molecular complexity index is 1920. The molecule has 1 aliphatic heterocycles. The van der Waals surface area contributed by atoms with Gasteiger partial charge in [-0.1, -0.05) is 54.1 Å². The number of amides is 2. The third-order valence-corrected chi connectivity index (χ3v) is 9.83. The summed E-state index contributed by atoms with van der Waals surface area (Å²) in [6, 6.07) is 19.1. The highest BCUT2D eigenvalue weighted by Gasteiger charge is 2.56. The molecule has 1 heterocycles. The van der Waals surface area contributed by atoms with E-state index in [1.54, 1.807) is 69.3 Å². The first-order chi connectivity index (χ1) is 21.6. The van der Waals surface area contributed by atoms with Crippen molar-refractivity contribution in [3.8, 4) is 5.75 Å². The fourth-order valence-corrected chi connectivity index (χ4v) is 7.69. The van der Waals surface area contributed by atoms with Crippen molar-refractivity contribution in [2.75, 3.05) is 4.90 Å². The molecule has 1 N–H and O–H groups in total. The molecule has 7 rings (SSSR count). The lowest BCUT2D eigenvalue weighted by Crippen LogP contribution is -2.39. The minimum atomic E-state index is -0.701. The number of carbonyl (C=O) groups excluding carboxylic acids is 5. The number of anilines is 1. The first-order valence-electron chi connectivity index (χ1n) is 15.1. The van der Waals surface area contributed by atoms with Crippen LogP contribution < -0.4 is 4.90 Å². The number of imide groups is 1. The molecule has 3 aliphatic carbocycles. The highest BCUT2D eigenvalue weighted by Crippen LogP contribution is 2.55.